The summed E-state index contributed by atoms with van der Waals surface area (Å²) in [4.78, 5) is 6.84. The van der Waals surface area contributed by atoms with Crippen molar-refractivity contribution in [2.45, 2.75) is 46.7 Å². The third-order valence-electron chi connectivity index (χ3n) is 3.85. The van der Waals surface area contributed by atoms with Crippen LogP contribution in [0.3, 0.4) is 0 Å². The Balaban J connectivity index is 2.08. The molecule has 106 valence electrons. The van der Waals surface area contributed by atoms with Gasteiger partial charge in [-0.25, -0.2) is 0 Å². The first kappa shape index (κ1) is 14.3. The predicted octanol–water partition coefficient (Wildman–Crippen LogP) is 3.06. The van der Waals surface area contributed by atoms with Crippen molar-refractivity contribution in [2.75, 3.05) is 18.0 Å². The van der Waals surface area contributed by atoms with Crippen LogP contribution in [-0.2, 0) is 6.54 Å². The maximum Gasteiger partial charge on any atom is 0.0600 e. The molecule has 0 spiro atoms. The lowest BCUT2D eigenvalue weighted by Crippen LogP contribution is -2.29. The summed E-state index contributed by atoms with van der Waals surface area (Å²) >= 11 is 0. The van der Waals surface area contributed by atoms with Crippen molar-refractivity contribution in [2.24, 2.45) is 11.8 Å². The smallest absolute Gasteiger partial charge is 0.0600 e. The lowest BCUT2D eigenvalue weighted by atomic mass is 10.1. The van der Waals surface area contributed by atoms with Gasteiger partial charge in [-0.1, -0.05) is 20.8 Å². The zero-order valence-corrected chi connectivity index (χ0v) is 12.7. The van der Waals surface area contributed by atoms with Crippen LogP contribution in [0.4, 0.5) is 5.69 Å². The average Bonchev–Trinajstić information content (AvgIpc) is 2.68. The second kappa shape index (κ2) is 6.38. The number of aromatic nitrogens is 1. The summed E-state index contributed by atoms with van der Waals surface area (Å²) < 4.78 is 0. The first-order chi connectivity index (χ1) is 9.08. The molecule has 2 heterocycles. The molecule has 0 bridgehead atoms. The van der Waals surface area contributed by atoms with E-state index in [1.165, 1.54) is 17.7 Å². The van der Waals surface area contributed by atoms with E-state index in [0.29, 0.717) is 12.0 Å². The normalized spacial score (nSPS) is 23.3. The van der Waals surface area contributed by atoms with Crippen LogP contribution in [0.5, 0.6) is 0 Å². The quantitative estimate of drug-likeness (QED) is 0.883. The Morgan fingerprint density at radius 2 is 2.21 bits per heavy atom. The summed E-state index contributed by atoms with van der Waals surface area (Å²) in [6.07, 6.45) is 5.22. The summed E-state index contributed by atoms with van der Waals surface area (Å²) in [5.74, 6) is 1.47. The number of hydrogen-bond acceptors (Lipinski definition) is 3. The van der Waals surface area contributed by atoms with Gasteiger partial charge in [0.15, 0.2) is 0 Å². The summed E-state index contributed by atoms with van der Waals surface area (Å²) in [5, 5.41) is 3.54. The van der Waals surface area contributed by atoms with Crippen molar-refractivity contribution in [3.63, 3.8) is 0 Å². The van der Waals surface area contributed by atoms with Crippen molar-refractivity contribution in [1.29, 1.82) is 0 Å². The van der Waals surface area contributed by atoms with Crippen LogP contribution in [0.2, 0.25) is 0 Å². The molecule has 0 saturated carbocycles. The zero-order chi connectivity index (χ0) is 13.8. The second-order valence-electron chi connectivity index (χ2n) is 6.37. The lowest BCUT2D eigenvalue weighted by Gasteiger charge is -2.26. The molecule has 1 aliphatic heterocycles. The molecule has 0 aromatic carbocycles. The van der Waals surface area contributed by atoms with E-state index in [1.807, 2.05) is 12.4 Å². The van der Waals surface area contributed by atoms with E-state index in [2.05, 4.69) is 49.0 Å². The number of anilines is 1. The monoisotopic (exact) mass is 261 g/mol. The molecule has 0 amide bonds. The van der Waals surface area contributed by atoms with Crippen LogP contribution in [0, 0.1) is 11.8 Å². The maximum absolute atomic E-state index is 4.32. The van der Waals surface area contributed by atoms with Crippen molar-refractivity contribution >= 4 is 5.69 Å². The van der Waals surface area contributed by atoms with Crippen molar-refractivity contribution in [3.05, 3.63) is 24.0 Å². The van der Waals surface area contributed by atoms with Crippen LogP contribution in [0.25, 0.3) is 0 Å². The first-order valence-electron chi connectivity index (χ1n) is 7.48. The Bertz CT molecular complexity index is 403. The van der Waals surface area contributed by atoms with Gasteiger partial charge in [-0.15, -0.1) is 0 Å². The number of nitrogens with one attached hydrogen (secondary N) is 1. The van der Waals surface area contributed by atoms with Gasteiger partial charge < -0.3 is 10.2 Å². The molecule has 1 aromatic heterocycles. The molecule has 1 fully saturated rings. The molecule has 1 aromatic rings. The molecule has 3 heteroatoms. The molecule has 0 radical (unpaired) electrons. The molecule has 2 unspecified atom stereocenters. The average molecular weight is 261 g/mol. The fourth-order valence-electron chi connectivity index (χ4n) is 2.95. The third kappa shape index (κ3) is 3.69. The molecule has 1 aliphatic rings. The SMILES string of the molecule is CC(C)CNCc1ccncc1N1CC(C)CC1C. The van der Waals surface area contributed by atoms with Gasteiger partial charge in [0.2, 0.25) is 0 Å². The van der Waals surface area contributed by atoms with E-state index in [0.717, 1.165) is 25.6 Å². The molecule has 1 N–H and O–H groups in total. The van der Waals surface area contributed by atoms with Gasteiger partial charge in [0, 0.05) is 25.3 Å². The van der Waals surface area contributed by atoms with Crippen molar-refractivity contribution < 1.29 is 0 Å². The van der Waals surface area contributed by atoms with Gasteiger partial charge in [-0.2, -0.15) is 0 Å². The summed E-state index contributed by atoms with van der Waals surface area (Å²) in [5.41, 5.74) is 2.69. The van der Waals surface area contributed by atoms with Crippen LogP contribution in [-0.4, -0.2) is 24.1 Å². The highest BCUT2D eigenvalue weighted by Crippen LogP contribution is 2.30. The van der Waals surface area contributed by atoms with E-state index >= 15 is 0 Å². The highest BCUT2D eigenvalue weighted by molar-refractivity contribution is 5.53. The van der Waals surface area contributed by atoms with E-state index in [9.17, 15) is 0 Å². The number of rotatable bonds is 5. The van der Waals surface area contributed by atoms with Gasteiger partial charge in [-0.05, 0) is 43.4 Å². The summed E-state index contributed by atoms with van der Waals surface area (Å²) in [6.45, 7) is 12.3. The zero-order valence-electron chi connectivity index (χ0n) is 12.7. The van der Waals surface area contributed by atoms with Gasteiger partial charge in [0.1, 0.15) is 0 Å². The van der Waals surface area contributed by atoms with Crippen LogP contribution in [0.1, 0.15) is 39.7 Å². The largest absolute Gasteiger partial charge is 0.367 e. The standard InChI is InChI=1S/C16H27N3/c1-12(2)8-18-9-15-5-6-17-10-16(15)19-11-13(3)7-14(19)4/h5-6,10,12-14,18H,7-9,11H2,1-4H3. The molecule has 2 rings (SSSR count). The summed E-state index contributed by atoms with van der Waals surface area (Å²) in [6, 6.07) is 2.78. The molecule has 3 nitrogen and oxygen atoms in total. The number of pyridine rings is 1. The third-order valence-corrected chi connectivity index (χ3v) is 3.85. The molecule has 1 saturated heterocycles. The maximum atomic E-state index is 4.32. The predicted molar refractivity (Wildman–Crippen MR) is 81.4 cm³/mol. The van der Waals surface area contributed by atoms with Crippen molar-refractivity contribution in [3.8, 4) is 0 Å². The Hall–Kier alpha value is -1.09. The molecular formula is C16H27N3. The molecular weight excluding hydrogens is 234 g/mol. The Labute approximate surface area is 117 Å². The fourth-order valence-corrected chi connectivity index (χ4v) is 2.95. The van der Waals surface area contributed by atoms with Gasteiger partial charge >= 0.3 is 0 Å². The minimum absolute atomic E-state index is 0.628. The lowest BCUT2D eigenvalue weighted by molar-refractivity contribution is 0.551. The minimum atomic E-state index is 0.628. The first-order valence-corrected chi connectivity index (χ1v) is 7.48. The molecule has 0 aliphatic carbocycles. The van der Waals surface area contributed by atoms with Crippen LogP contribution in [0.15, 0.2) is 18.5 Å². The number of nitrogens with zero attached hydrogens (tertiary/aromatic N) is 2. The van der Waals surface area contributed by atoms with Crippen molar-refractivity contribution in [1.82, 2.24) is 10.3 Å². The Kier molecular flexibility index (Phi) is 4.81. The number of hydrogen-bond donors (Lipinski definition) is 1. The molecule has 2 atom stereocenters. The van der Waals surface area contributed by atoms with E-state index in [-0.39, 0.29) is 0 Å². The van der Waals surface area contributed by atoms with Gasteiger partial charge in [0.25, 0.3) is 0 Å². The highest BCUT2D eigenvalue weighted by Gasteiger charge is 2.27. The van der Waals surface area contributed by atoms with E-state index in [4.69, 9.17) is 0 Å². The van der Waals surface area contributed by atoms with Gasteiger partial charge in [-0.3, -0.25) is 4.98 Å². The molecule has 19 heavy (non-hydrogen) atoms. The summed E-state index contributed by atoms with van der Waals surface area (Å²) in [7, 11) is 0. The van der Waals surface area contributed by atoms with Crippen LogP contribution < -0.4 is 10.2 Å². The van der Waals surface area contributed by atoms with Crippen LogP contribution >= 0.6 is 0 Å². The minimum Gasteiger partial charge on any atom is -0.367 e. The Morgan fingerprint density at radius 3 is 2.84 bits per heavy atom. The topological polar surface area (TPSA) is 28.2 Å². The van der Waals surface area contributed by atoms with E-state index in [1.54, 1.807) is 0 Å². The fraction of sp³-hybridized carbons (Fsp3) is 0.688. The second-order valence-corrected chi connectivity index (χ2v) is 6.37. The van der Waals surface area contributed by atoms with E-state index < -0.39 is 0 Å². The highest BCUT2D eigenvalue weighted by atomic mass is 15.2. The Morgan fingerprint density at radius 1 is 1.42 bits per heavy atom. The van der Waals surface area contributed by atoms with Gasteiger partial charge in [0.05, 0.1) is 11.9 Å².